The minimum atomic E-state index is 0.577. The van der Waals surface area contributed by atoms with Crippen molar-refractivity contribution >= 4 is 32.4 Å². The van der Waals surface area contributed by atoms with Crippen molar-refractivity contribution in [2.24, 2.45) is 0 Å². The summed E-state index contributed by atoms with van der Waals surface area (Å²) in [5.74, 6) is 0.894. The number of thiazole rings is 1. The highest BCUT2D eigenvalue weighted by molar-refractivity contribution is 9.11. The summed E-state index contributed by atoms with van der Waals surface area (Å²) >= 11 is 4.83. The normalized spacial score (nSPS) is 10.5. The lowest BCUT2D eigenvalue weighted by molar-refractivity contribution is 0.519. The fourth-order valence-electron chi connectivity index (χ4n) is 1.04. The van der Waals surface area contributed by atoms with Gasteiger partial charge >= 0.3 is 0 Å². The molecule has 0 spiro atoms. The highest BCUT2D eigenvalue weighted by Gasteiger charge is 2.08. The Morgan fingerprint density at radius 3 is 3.00 bits per heavy atom. The highest BCUT2D eigenvalue weighted by atomic mass is 79.9. The van der Waals surface area contributed by atoms with Gasteiger partial charge in [0.1, 0.15) is 5.76 Å². The van der Waals surface area contributed by atoms with Crippen molar-refractivity contribution in [2.45, 2.75) is 6.42 Å². The predicted molar refractivity (Wildman–Crippen MR) is 55.7 cm³/mol. The molecule has 0 aromatic carbocycles. The Morgan fingerprint density at radius 1 is 1.62 bits per heavy atom. The van der Waals surface area contributed by atoms with Crippen LogP contribution in [0, 0.1) is 0 Å². The minimum Gasteiger partial charge on any atom is -0.469 e. The van der Waals surface area contributed by atoms with Gasteiger partial charge in [0.15, 0.2) is 5.13 Å². The van der Waals surface area contributed by atoms with Gasteiger partial charge in [-0.1, -0.05) is 11.3 Å². The van der Waals surface area contributed by atoms with Crippen LogP contribution in [0.2, 0.25) is 0 Å². The predicted octanol–water partition coefficient (Wildman–Crippen LogP) is 2.67. The standard InChI is InChI=1S/C8H7BrN2OS/c9-7-6(11-8(10)13-7)4-5-2-1-3-12-5/h1-3H,4H2,(H2,10,11). The van der Waals surface area contributed by atoms with Crippen LogP contribution in [-0.2, 0) is 6.42 Å². The second-order valence-corrected chi connectivity index (χ2v) is 4.88. The molecule has 2 heterocycles. The van der Waals surface area contributed by atoms with E-state index in [0.717, 1.165) is 15.2 Å². The molecule has 0 bridgehead atoms. The van der Waals surface area contributed by atoms with E-state index < -0.39 is 0 Å². The number of rotatable bonds is 2. The number of nitrogen functional groups attached to an aromatic ring is 1. The molecule has 13 heavy (non-hydrogen) atoms. The lowest BCUT2D eigenvalue weighted by atomic mass is 10.3. The van der Waals surface area contributed by atoms with E-state index in [1.54, 1.807) is 6.26 Å². The lowest BCUT2D eigenvalue weighted by Crippen LogP contribution is -1.88. The summed E-state index contributed by atoms with van der Waals surface area (Å²) in [5, 5.41) is 0.577. The number of aromatic nitrogens is 1. The third-order valence-corrected chi connectivity index (χ3v) is 3.25. The van der Waals surface area contributed by atoms with Gasteiger partial charge < -0.3 is 10.2 Å². The van der Waals surface area contributed by atoms with Gasteiger partial charge in [-0.15, -0.1) is 0 Å². The van der Waals surface area contributed by atoms with Crippen LogP contribution in [0.25, 0.3) is 0 Å². The molecular formula is C8H7BrN2OS. The smallest absolute Gasteiger partial charge is 0.181 e. The van der Waals surface area contributed by atoms with Crippen molar-refractivity contribution < 1.29 is 4.42 Å². The van der Waals surface area contributed by atoms with Crippen LogP contribution in [0.5, 0.6) is 0 Å². The van der Waals surface area contributed by atoms with E-state index in [-0.39, 0.29) is 0 Å². The zero-order chi connectivity index (χ0) is 9.26. The molecule has 0 unspecified atom stereocenters. The van der Waals surface area contributed by atoms with Crippen molar-refractivity contribution in [1.82, 2.24) is 4.98 Å². The maximum absolute atomic E-state index is 5.56. The van der Waals surface area contributed by atoms with Gasteiger partial charge in [-0.05, 0) is 28.1 Å². The van der Waals surface area contributed by atoms with Crippen molar-refractivity contribution in [3.05, 3.63) is 33.6 Å². The third kappa shape index (κ3) is 1.92. The highest BCUT2D eigenvalue weighted by Crippen LogP contribution is 2.28. The lowest BCUT2D eigenvalue weighted by Gasteiger charge is -1.92. The van der Waals surface area contributed by atoms with Gasteiger partial charge in [0, 0.05) is 0 Å². The molecule has 0 aliphatic carbocycles. The van der Waals surface area contributed by atoms with Gasteiger partial charge in [0.2, 0.25) is 0 Å². The van der Waals surface area contributed by atoms with Crippen molar-refractivity contribution in [3.8, 4) is 0 Å². The van der Waals surface area contributed by atoms with Gasteiger partial charge in [0.05, 0.1) is 22.2 Å². The fourth-order valence-corrected chi connectivity index (χ4v) is 2.34. The Kier molecular flexibility index (Phi) is 2.37. The number of hydrogen-bond acceptors (Lipinski definition) is 4. The van der Waals surface area contributed by atoms with E-state index in [0.29, 0.717) is 11.6 Å². The Labute approximate surface area is 87.7 Å². The number of hydrogen-bond donors (Lipinski definition) is 1. The molecule has 0 saturated carbocycles. The molecule has 0 amide bonds. The number of nitrogens with zero attached hydrogens (tertiary/aromatic N) is 1. The first-order valence-corrected chi connectivity index (χ1v) is 5.29. The second-order valence-electron chi connectivity index (χ2n) is 2.53. The van der Waals surface area contributed by atoms with Crippen LogP contribution >= 0.6 is 27.3 Å². The molecule has 0 aliphatic heterocycles. The van der Waals surface area contributed by atoms with Crippen LogP contribution in [0.15, 0.2) is 26.6 Å². The summed E-state index contributed by atoms with van der Waals surface area (Å²) in [6, 6.07) is 3.78. The van der Waals surface area contributed by atoms with Crippen molar-refractivity contribution in [3.63, 3.8) is 0 Å². The Balaban J connectivity index is 2.23. The number of furan rings is 1. The fraction of sp³-hybridized carbons (Fsp3) is 0.125. The zero-order valence-electron chi connectivity index (χ0n) is 6.66. The Hall–Kier alpha value is -0.810. The molecule has 68 valence electrons. The number of halogens is 1. The average molecular weight is 259 g/mol. The van der Waals surface area contributed by atoms with Gasteiger partial charge in [0.25, 0.3) is 0 Å². The molecule has 0 atom stereocenters. The first-order valence-electron chi connectivity index (χ1n) is 3.69. The van der Waals surface area contributed by atoms with Crippen LogP contribution < -0.4 is 5.73 Å². The molecule has 2 aromatic rings. The molecule has 0 radical (unpaired) electrons. The van der Waals surface area contributed by atoms with Crippen molar-refractivity contribution in [1.29, 1.82) is 0 Å². The van der Waals surface area contributed by atoms with Crippen LogP contribution in [0.3, 0.4) is 0 Å². The molecule has 0 aliphatic rings. The number of nitrogens with two attached hydrogens (primary N) is 1. The van der Waals surface area contributed by atoms with E-state index in [1.165, 1.54) is 11.3 Å². The van der Waals surface area contributed by atoms with Gasteiger partial charge in [-0.2, -0.15) is 0 Å². The summed E-state index contributed by atoms with van der Waals surface area (Å²) in [4.78, 5) is 4.17. The monoisotopic (exact) mass is 258 g/mol. The summed E-state index contributed by atoms with van der Waals surface area (Å²) in [6.07, 6.45) is 2.33. The van der Waals surface area contributed by atoms with Gasteiger partial charge in [-0.3, -0.25) is 0 Å². The summed E-state index contributed by atoms with van der Waals surface area (Å²) in [5.41, 5.74) is 6.48. The van der Waals surface area contributed by atoms with E-state index in [4.69, 9.17) is 10.2 Å². The molecule has 2 N–H and O–H groups in total. The zero-order valence-corrected chi connectivity index (χ0v) is 9.06. The third-order valence-electron chi connectivity index (χ3n) is 1.59. The maximum Gasteiger partial charge on any atom is 0.181 e. The van der Waals surface area contributed by atoms with E-state index in [2.05, 4.69) is 20.9 Å². The minimum absolute atomic E-state index is 0.577. The largest absolute Gasteiger partial charge is 0.469 e. The van der Waals surface area contributed by atoms with Gasteiger partial charge in [-0.25, -0.2) is 4.98 Å². The van der Waals surface area contributed by atoms with E-state index >= 15 is 0 Å². The Bertz CT molecular complexity index is 396. The molecule has 3 nitrogen and oxygen atoms in total. The topological polar surface area (TPSA) is 52.0 Å². The first-order chi connectivity index (χ1) is 6.25. The summed E-state index contributed by atoms with van der Waals surface area (Å²) in [7, 11) is 0. The average Bonchev–Trinajstić information content (AvgIpc) is 2.63. The Morgan fingerprint density at radius 2 is 2.46 bits per heavy atom. The summed E-state index contributed by atoms with van der Waals surface area (Å²) < 4.78 is 6.18. The second kappa shape index (κ2) is 3.51. The number of anilines is 1. The van der Waals surface area contributed by atoms with E-state index in [1.807, 2.05) is 12.1 Å². The molecule has 0 saturated heterocycles. The molecule has 0 fully saturated rings. The van der Waals surface area contributed by atoms with Crippen molar-refractivity contribution in [2.75, 3.05) is 5.73 Å². The van der Waals surface area contributed by atoms with Crippen LogP contribution in [-0.4, -0.2) is 4.98 Å². The van der Waals surface area contributed by atoms with Crippen LogP contribution in [0.1, 0.15) is 11.5 Å². The van der Waals surface area contributed by atoms with E-state index in [9.17, 15) is 0 Å². The molecule has 2 aromatic heterocycles. The summed E-state index contributed by atoms with van der Waals surface area (Å²) in [6.45, 7) is 0. The quantitative estimate of drug-likeness (QED) is 0.902. The van der Waals surface area contributed by atoms with Crippen LogP contribution in [0.4, 0.5) is 5.13 Å². The molecular weight excluding hydrogens is 252 g/mol. The molecule has 2 rings (SSSR count). The first kappa shape index (κ1) is 8.77. The SMILES string of the molecule is Nc1nc(Cc2ccco2)c(Br)s1. The maximum atomic E-state index is 5.56. The molecule has 5 heteroatoms.